The van der Waals surface area contributed by atoms with Gasteiger partial charge in [0.25, 0.3) is 0 Å². The van der Waals surface area contributed by atoms with Crippen LogP contribution in [-0.4, -0.2) is 13.0 Å². The number of carbonyl (C=O) groups is 1. The summed E-state index contributed by atoms with van der Waals surface area (Å²) in [4.78, 5) is 11.2. The van der Waals surface area contributed by atoms with Crippen LogP contribution < -0.4 is 10.5 Å². The monoisotopic (exact) mass is 279 g/mol. The number of benzene rings is 2. The first-order valence-electron chi connectivity index (χ1n) is 4.69. The Morgan fingerprint density at radius 2 is 2.06 bits per heavy atom. The van der Waals surface area contributed by atoms with Crippen LogP contribution in [0.25, 0.3) is 10.8 Å². The van der Waals surface area contributed by atoms with Crippen LogP contribution in [0.4, 0.5) is 0 Å². The normalized spacial score (nSPS) is 10.4. The van der Waals surface area contributed by atoms with Gasteiger partial charge in [-0.1, -0.05) is 15.9 Å². The molecule has 0 fully saturated rings. The van der Waals surface area contributed by atoms with Gasteiger partial charge in [-0.3, -0.25) is 4.79 Å². The number of ether oxygens (including phenoxy) is 1. The van der Waals surface area contributed by atoms with Crippen molar-refractivity contribution in [2.45, 2.75) is 0 Å². The lowest BCUT2D eigenvalue weighted by molar-refractivity contribution is 0.1000. The van der Waals surface area contributed by atoms with E-state index in [1.807, 2.05) is 18.2 Å². The van der Waals surface area contributed by atoms with Gasteiger partial charge in [0.05, 0.1) is 7.11 Å². The van der Waals surface area contributed by atoms with E-state index in [1.54, 1.807) is 19.2 Å². The van der Waals surface area contributed by atoms with Crippen molar-refractivity contribution in [2.24, 2.45) is 5.73 Å². The third kappa shape index (κ3) is 1.88. The Morgan fingerprint density at radius 3 is 2.69 bits per heavy atom. The molecule has 2 aromatic carbocycles. The predicted octanol–water partition coefficient (Wildman–Crippen LogP) is 2.71. The van der Waals surface area contributed by atoms with Crippen molar-refractivity contribution in [3.8, 4) is 5.75 Å². The van der Waals surface area contributed by atoms with Gasteiger partial charge in [0.1, 0.15) is 5.75 Å². The molecule has 2 rings (SSSR count). The van der Waals surface area contributed by atoms with Gasteiger partial charge in [-0.2, -0.15) is 0 Å². The summed E-state index contributed by atoms with van der Waals surface area (Å²) in [7, 11) is 1.57. The molecule has 82 valence electrons. The molecule has 0 radical (unpaired) electrons. The molecule has 0 aliphatic carbocycles. The lowest BCUT2D eigenvalue weighted by Crippen LogP contribution is -2.10. The standard InChI is InChI=1S/C12H10BrNO2/c1-16-11-6-8(12(14)15)4-7-5-9(13)2-3-10(7)11/h2-6H,1H3,(H2,14,15). The van der Waals surface area contributed by atoms with Crippen LogP contribution in [0.1, 0.15) is 10.4 Å². The number of fused-ring (bicyclic) bond motifs is 1. The molecule has 3 nitrogen and oxygen atoms in total. The molecule has 0 aliphatic rings. The van der Waals surface area contributed by atoms with Crippen molar-refractivity contribution in [2.75, 3.05) is 7.11 Å². The Balaban J connectivity index is 2.78. The van der Waals surface area contributed by atoms with E-state index in [0.29, 0.717) is 11.3 Å². The fraction of sp³-hybridized carbons (Fsp3) is 0.0833. The van der Waals surface area contributed by atoms with E-state index in [9.17, 15) is 4.79 Å². The summed E-state index contributed by atoms with van der Waals surface area (Å²) in [6, 6.07) is 9.19. The van der Waals surface area contributed by atoms with Gasteiger partial charge in [-0.05, 0) is 35.7 Å². The van der Waals surface area contributed by atoms with Crippen LogP contribution in [0.15, 0.2) is 34.8 Å². The molecule has 0 saturated carbocycles. The van der Waals surface area contributed by atoms with Crippen molar-refractivity contribution in [3.63, 3.8) is 0 Å². The van der Waals surface area contributed by atoms with Crippen molar-refractivity contribution >= 4 is 32.6 Å². The summed E-state index contributed by atoms with van der Waals surface area (Å²) in [5.41, 5.74) is 5.71. The number of hydrogen-bond acceptors (Lipinski definition) is 2. The molecule has 0 saturated heterocycles. The van der Waals surface area contributed by atoms with E-state index in [0.717, 1.165) is 15.2 Å². The summed E-state index contributed by atoms with van der Waals surface area (Å²) in [6.07, 6.45) is 0. The lowest BCUT2D eigenvalue weighted by Gasteiger charge is -2.07. The highest BCUT2D eigenvalue weighted by Gasteiger charge is 2.08. The van der Waals surface area contributed by atoms with Crippen LogP contribution >= 0.6 is 15.9 Å². The average molecular weight is 280 g/mol. The van der Waals surface area contributed by atoms with Crippen LogP contribution in [-0.2, 0) is 0 Å². The summed E-state index contributed by atoms with van der Waals surface area (Å²) < 4.78 is 6.18. The number of primary amides is 1. The predicted molar refractivity (Wildman–Crippen MR) is 66.7 cm³/mol. The Bertz CT molecular complexity index is 566. The van der Waals surface area contributed by atoms with E-state index in [2.05, 4.69) is 15.9 Å². The highest BCUT2D eigenvalue weighted by molar-refractivity contribution is 9.10. The number of methoxy groups -OCH3 is 1. The quantitative estimate of drug-likeness (QED) is 0.919. The highest BCUT2D eigenvalue weighted by Crippen LogP contribution is 2.29. The highest BCUT2D eigenvalue weighted by atomic mass is 79.9. The average Bonchev–Trinajstić information content (AvgIpc) is 2.26. The minimum atomic E-state index is -0.458. The van der Waals surface area contributed by atoms with Gasteiger partial charge in [-0.15, -0.1) is 0 Å². The number of halogens is 1. The molecule has 4 heteroatoms. The zero-order valence-corrected chi connectivity index (χ0v) is 10.2. The van der Waals surface area contributed by atoms with Gasteiger partial charge < -0.3 is 10.5 Å². The fourth-order valence-electron chi connectivity index (χ4n) is 1.62. The Morgan fingerprint density at radius 1 is 1.31 bits per heavy atom. The third-order valence-corrected chi connectivity index (χ3v) is 2.87. The minimum Gasteiger partial charge on any atom is -0.496 e. The Labute approximate surface area is 101 Å². The summed E-state index contributed by atoms with van der Waals surface area (Å²) >= 11 is 3.38. The zero-order chi connectivity index (χ0) is 11.7. The molecule has 0 aliphatic heterocycles. The molecular weight excluding hydrogens is 270 g/mol. The number of amides is 1. The lowest BCUT2D eigenvalue weighted by atomic mass is 10.1. The van der Waals surface area contributed by atoms with E-state index in [1.165, 1.54) is 0 Å². The van der Waals surface area contributed by atoms with Gasteiger partial charge in [0.2, 0.25) is 5.91 Å². The Kier molecular flexibility index (Phi) is 2.83. The minimum absolute atomic E-state index is 0.447. The second kappa shape index (κ2) is 4.14. The van der Waals surface area contributed by atoms with E-state index in [4.69, 9.17) is 10.5 Å². The molecular formula is C12H10BrNO2. The topological polar surface area (TPSA) is 52.3 Å². The zero-order valence-electron chi connectivity index (χ0n) is 8.66. The van der Waals surface area contributed by atoms with Crippen molar-refractivity contribution in [1.29, 1.82) is 0 Å². The molecule has 0 unspecified atom stereocenters. The first-order valence-corrected chi connectivity index (χ1v) is 5.48. The van der Waals surface area contributed by atoms with Crippen LogP contribution in [0.2, 0.25) is 0 Å². The molecule has 2 aromatic rings. The first-order chi connectivity index (χ1) is 7.61. The molecule has 0 aromatic heterocycles. The van der Waals surface area contributed by atoms with Crippen LogP contribution in [0.5, 0.6) is 5.75 Å². The third-order valence-electron chi connectivity index (χ3n) is 2.38. The smallest absolute Gasteiger partial charge is 0.248 e. The largest absolute Gasteiger partial charge is 0.496 e. The summed E-state index contributed by atoms with van der Waals surface area (Å²) in [6.45, 7) is 0. The molecule has 0 bridgehead atoms. The van der Waals surface area contributed by atoms with E-state index >= 15 is 0 Å². The maximum Gasteiger partial charge on any atom is 0.248 e. The molecule has 1 amide bonds. The molecule has 0 spiro atoms. The molecule has 16 heavy (non-hydrogen) atoms. The number of hydrogen-bond donors (Lipinski definition) is 1. The van der Waals surface area contributed by atoms with E-state index < -0.39 is 5.91 Å². The van der Waals surface area contributed by atoms with E-state index in [-0.39, 0.29) is 0 Å². The van der Waals surface area contributed by atoms with Gasteiger partial charge in [0, 0.05) is 15.4 Å². The van der Waals surface area contributed by atoms with Crippen molar-refractivity contribution in [1.82, 2.24) is 0 Å². The fourth-order valence-corrected chi connectivity index (χ4v) is 2.00. The summed E-state index contributed by atoms with van der Waals surface area (Å²) in [5, 5.41) is 1.87. The molecule has 0 atom stereocenters. The maximum absolute atomic E-state index is 11.2. The number of nitrogens with two attached hydrogens (primary N) is 1. The maximum atomic E-state index is 11.2. The van der Waals surface area contributed by atoms with Gasteiger partial charge >= 0.3 is 0 Å². The van der Waals surface area contributed by atoms with Crippen LogP contribution in [0.3, 0.4) is 0 Å². The van der Waals surface area contributed by atoms with Gasteiger partial charge in [0.15, 0.2) is 0 Å². The number of carbonyl (C=O) groups excluding carboxylic acids is 1. The second-order valence-electron chi connectivity index (χ2n) is 3.41. The molecule has 2 N–H and O–H groups in total. The SMILES string of the molecule is COc1cc(C(N)=O)cc2cc(Br)ccc12. The van der Waals surface area contributed by atoms with Crippen LogP contribution in [0, 0.1) is 0 Å². The van der Waals surface area contributed by atoms with Gasteiger partial charge in [-0.25, -0.2) is 0 Å². The second-order valence-corrected chi connectivity index (χ2v) is 4.32. The number of rotatable bonds is 2. The first kappa shape index (κ1) is 11.0. The van der Waals surface area contributed by atoms with Crippen molar-refractivity contribution in [3.05, 3.63) is 40.4 Å². The Hall–Kier alpha value is -1.55. The molecule has 0 heterocycles. The van der Waals surface area contributed by atoms with Crippen molar-refractivity contribution < 1.29 is 9.53 Å². The summed E-state index contributed by atoms with van der Waals surface area (Å²) in [5.74, 6) is 0.193.